The number of nitrogens with one attached hydrogen (secondary N) is 1. The molecule has 0 saturated carbocycles. The number of aryl methyl sites for hydroxylation is 1. The third kappa shape index (κ3) is 4.82. The quantitative estimate of drug-likeness (QED) is 0.810. The highest BCUT2D eigenvalue weighted by Gasteiger charge is 2.32. The van der Waals surface area contributed by atoms with E-state index in [-0.39, 0.29) is 29.1 Å². The molecule has 1 aromatic carbocycles. The van der Waals surface area contributed by atoms with Gasteiger partial charge in [-0.25, -0.2) is 18.4 Å². The van der Waals surface area contributed by atoms with Crippen molar-refractivity contribution in [2.24, 2.45) is 0 Å². The molecule has 1 aromatic heterocycles. The van der Waals surface area contributed by atoms with E-state index in [0.29, 0.717) is 25.3 Å². The summed E-state index contributed by atoms with van der Waals surface area (Å²) in [5, 5.41) is 2.83. The predicted octanol–water partition coefficient (Wildman–Crippen LogP) is 1.73. The lowest BCUT2D eigenvalue weighted by Crippen LogP contribution is -2.37. The van der Waals surface area contributed by atoms with Crippen molar-refractivity contribution in [2.75, 3.05) is 23.0 Å². The summed E-state index contributed by atoms with van der Waals surface area (Å²) in [6.07, 6.45) is 3.57. The van der Waals surface area contributed by atoms with Crippen molar-refractivity contribution in [2.45, 2.75) is 32.9 Å². The number of hydrogen-bond donors (Lipinski definition) is 1. The lowest BCUT2D eigenvalue weighted by molar-refractivity contribution is 0.0945. The zero-order valence-corrected chi connectivity index (χ0v) is 16.4. The van der Waals surface area contributed by atoms with Crippen LogP contribution in [0.3, 0.4) is 0 Å². The van der Waals surface area contributed by atoms with Crippen LogP contribution in [0.15, 0.2) is 36.7 Å². The lowest BCUT2D eigenvalue weighted by atomic mass is 10.1. The molecule has 0 aliphatic carbocycles. The Morgan fingerprint density at radius 2 is 1.96 bits per heavy atom. The number of benzene rings is 1. The molecule has 0 bridgehead atoms. The summed E-state index contributed by atoms with van der Waals surface area (Å²) in [6, 6.07) is 7.85. The molecule has 1 atom stereocenters. The molecule has 1 saturated heterocycles. The summed E-state index contributed by atoms with van der Waals surface area (Å²) in [7, 11) is -2.97. The monoisotopic (exact) mass is 388 g/mol. The number of hydrogen-bond acceptors (Lipinski definition) is 6. The highest BCUT2D eigenvalue weighted by Crippen LogP contribution is 2.22. The molecule has 1 fully saturated rings. The van der Waals surface area contributed by atoms with Crippen LogP contribution >= 0.6 is 0 Å². The summed E-state index contributed by atoms with van der Waals surface area (Å²) in [5.74, 6) is 0.651. The highest BCUT2D eigenvalue weighted by molar-refractivity contribution is 7.91. The van der Waals surface area contributed by atoms with Crippen molar-refractivity contribution in [3.05, 3.63) is 53.5 Å². The topological polar surface area (TPSA) is 92.3 Å². The molecule has 1 aliphatic rings. The third-order valence-corrected chi connectivity index (χ3v) is 6.48. The molecule has 27 heavy (non-hydrogen) atoms. The molecule has 1 N–H and O–H groups in total. The fourth-order valence-corrected chi connectivity index (χ4v) is 4.92. The van der Waals surface area contributed by atoms with Gasteiger partial charge >= 0.3 is 0 Å². The standard InChI is InChI=1S/C19H24N4O3S/c1-3-23(16-8-9-27(25,26)13-16)18-12-20-17(11-21-18)19(24)22-10-15-6-4-14(2)5-7-15/h4-7,11-12,16H,3,8-10,13H2,1-2H3,(H,22,24). The van der Waals surface area contributed by atoms with Gasteiger partial charge in [0.1, 0.15) is 11.5 Å². The minimum atomic E-state index is -2.97. The van der Waals surface area contributed by atoms with E-state index in [9.17, 15) is 13.2 Å². The normalized spacial score (nSPS) is 18.2. The Balaban J connectivity index is 1.63. The Morgan fingerprint density at radius 1 is 1.22 bits per heavy atom. The summed E-state index contributed by atoms with van der Waals surface area (Å²) < 4.78 is 23.5. The van der Waals surface area contributed by atoms with Crippen molar-refractivity contribution in [3.8, 4) is 0 Å². The number of rotatable bonds is 6. The fourth-order valence-electron chi connectivity index (χ4n) is 3.19. The summed E-state index contributed by atoms with van der Waals surface area (Å²) in [6.45, 7) is 5.02. The maximum atomic E-state index is 12.3. The van der Waals surface area contributed by atoms with Gasteiger partial charge in [0, 0.05) is 19.1 Å². The van der Waals surface area contributed by atoms with Crippen LogP contribution in [0.5, 0.6) is 0 Å². The van der Waals surface area contributed by atoms with Gasteiger partial charge in [0.2, 0.25) is 0 Å². The molecule has 1 unspecified atom stereocenters. The van der Waals surface area contributed by atoms with Crippen LogP contribution in [0, 0.1) is 6.92 Å². The number of nitrogens with zero attached hydrogens (tertiary/aromatic N) is 3. The van der Waals surface area contributed by atoms with E-state index < -0.39 is 9.84 Å². The average molecular weight is 388 g/mol. The lowest BCUT2D eigenvalue weighted by Gasteiger charge is -2.27. The number of carbonyl (C=O) groups is 1. The Labute approximate surface area is 159 Å². The molecule has 7 nitrogen and oxygen atoms in total. The van der Waals surface area contributed by atoms with Crippen molar-refractivity contribution < 1.29 is 13.2 Å². The molecule has 1 amide bonds. The number of aromatic nitrogens is 2. The molecular weight excluding hydrogens is 364 g/mol. The summed E-state index contributed by atoms with van der Waals surface area (Å²) in [5.41, 5.74) is 2.42. The van der Waals surface area contributed by atoms with E-state index in [1.165, 1.54) is 18.0 Å². The van der Waals surface area contributed by atoms with Crippen LogP contribution in [-0.2, 0) is 16.4 Å². The van der Waals surface area contributed by atoms with Crippen molar-refractivity contribution in [3.63, 3.8) is 0 Å². The molecule has 0 radical (unpaired) electrons. The van der Waals surface area contributed by atoms with E-state index in [1.807, 2.05) is 43.0 Å². The zero-order valence-electron chi connectivity index (χ0n) is 15.6. The van der Waals surface area contributed by atoms with Crippen LogP contribution < -0.4 is 10.2 Å². The molecule has 1 aliphatic heterocycles. The van der Waals surface area contributed by atoms with Gasteiger partial charge in [-0.3, -0.25) is 4.79 Å². The Hall–Kier alpha value is -2.48. The van der Waals surface area contributed by atoms with Crippen LogP contribution in [0.2, 0.25) is 0 Å². The van der Waals surface area contributed by atoms with Gasteiger partial charge in [-0.15, -0.1) is 0 Å². The van der Waals surface area contributed by atoms with Gasteiger partial charge in [-0.1, -0.05) is 29.8 Å². The maximum absolute atomic E-state index is 12.3. The number of sulfone groups is 1. The second-order valence-electron chi connectivity index (χ2n) is 6.77. The first-order valence-corrected chi connectivity index (χ1v) is 10.8. The second kappa shape index (κ2) is 8.04. The highest BCUT2D eigenvalue weighted by atomic mass is 32.2. The van der Waals surface area contributed by atoms with Crippen LogP contribution in [0.25, 0.3) is 0 Å². The summed E-state index contributed by atoms with van der Waals surface area (Å²) in [4.78, 5) is 22.8. The number of amides is 1. The smallest absolute Gasteiger partial charge is 0.271 e. The van der Waals surface area contributed by atoms with E-state index in [4.69, 9.17) is 0 Å². The fraction of sp³-hybridized carbons (Fsp3) is 0.421. The van der Waals surface area contributed by atoms with Crippen molar-refractivity contribution in [1.29, 1.82) is 0 Å². The largest absolute Gasteiger partial charge is 0.352 e. The number of anilines is 1. The third-order valence-electron chi connectivity index (χ3n) is 4.73. The van der Waals surface area contributed by atoms with Gasteiger partial charge in [0.05, 0.1) is 23.9 Å². The van der Waals surface area contributed by atoms with Crippen molar-refractivity contribution >= 4 is 21.6 Å². The maximum Gasteiger partial charge on any atom is 0.271 e. The predicted molar refractivity (Wildman–Crippen MR) is 104 cm³/mol. The van der Waals surface area contributed by atoms with E-state index in [1.54, 1.807) is 0 Å². The minimum absolute atomic E-state index is 0.0875. The van der Waals surface area contributed by atoms with Crippen LogP contribution in [-0.4, -0.2) is 48.4 Å². The molecule has 0 spiro atoms. The van der Waals surface area contributed by atoms with Gasteiger partial charge in [-0.05, 0) is 25.8 Å². The van der Waals surface area contributed by atoms with Crippen molar-refractivity contribution in [1.82, 2.24) is 15.3 Å². The Morgan fingerprint density at radius 3 is 2.52 bits per heavy atom. The Kier molecular flexibility index (Phi) is 5.74. The van der Waals surface area contributed by atoms with E-state index in [2.05, 4.69) is 15.3 Å². The molecule has 8 heteroatoms. The first-order valence-electron chi connectivity index (χ1n) is 9.01. The van der Waals surface area contributed by atoms with Crippen LogP contribution in [0.1, 0.15) is 35.0 Å². The second-order valence-corrected chi connectivity index (χ2v) is 9.00. The first-order chi connectivity index (χ1) is 12.9. The van der Waals surface area contributed by atoms with Gasteiger partial charge in [-0.2, -0.15) is 0 Å². The van der Waals surface area contributed by atoms with Gasteiger partial charge in [0.25, 0.3) is 5.91 Å². The molecule has 144 valence electrons. The average Bonchev–Trinajstić information content (AvgIpc) is 3.02. The minimum Gasteiger partial charge on any atom is -0.352 e. The number of carbonyl (C=O) groups excluding carboxylic acids is 1. The van der Waals surface area contributed by atoms with Crippen LogP contribution in [0.4, 0.5) is 5.82 Å². The molecular formula is C19H24N4O3S. The molecule has 2 heterocycles. The van der Waals surface area contributed by atoms with Gasteiger partial charge in [0.15, 0.2) is 9.84 Å². The first kappa shape index (κ1) is 19.3. The van der Waals surface area contributed by atoms with E-state index in [0.717, 1.165) is 5.56 Å². The molecule has 2 aromatic rings. The summed E-state index contributed by atoms with van der Waals surface area (Å²) >= 11 is 0. The Bertz CT molecular complexity index is 896. The van der Waals surface area contributed by atoms with E-state index >= 15 is 0 Å². The van der Waals surface area contributed by atoms with Gasteiger partial charge < -0.3 is 10.2 Å². The SMILES string of the molecule is CCN(c1cnc(C(=O)NCc2ccc(C)cc2)cn1)C1CCS(=O)(=O)C1. The molecule has 3 rings (SSSR count). The zero-order chi connectivity index (χ0) is 19.4.